The monoisotopic (exact) mass is 356 g/mol. The van der Waals surface area contributed by atoms with Crippen LogP contribution >= 0.6 is 0 Å². The standard InChI is InChI=1S/C19H24N4O3/c24-11-10-22-7-3-5-19(18(22)26)6-9-21(14-19)13-15-12-17(25)23-8-2-1-4-16(23)20-15/h1-2,4,8,12,24H,3,5-7,9-11,13-14H2/t19-/m1/s1. The Hall–Kier alpha value is -2.25. The van der Waals surface area contributed by atoms with Crippen LogP contribution in [0.4, 0.5) is 0 Å². The Morgan fingerprint density at radius 2 is 2.08 bits per heavy atom. The second-order valence-electron chi connectivity index (χ2n) is 7.37. The molecule has 7 nitrogen and oxygen atoms in total. The summed E-state index contributed by atoms with van der Waals surface area (Å²) in [4.78, 5) is 33.8. The molecule has 7 heteroatoms. The summed E-state index contributed by atoms with van der Waals surface area (Å²) in [5.74, 6) is 0.173. The van der Waals surface area contributed by atoms with E-state index in [4.69, 9.17) is 0 Å². The molecule has 0 bridgehead atoms. The van der Waals surface area contributed by atoms with Crippen molar-refractivity contribution >= 4 is 11.6 Å². The molecule has 0 saturated carbocycles. The molecule has 4 heterocycles. The number of carbonyl (C=O) groups excluding carboxylic acids is 1. The maximum atomic E-state index is 12.9. The Morgan fingerprint density at radius 3 is 2.92 bits per heavy atom. The van der Waals surface area contributed by atoms with Gasteiger partial charge in [0.05, 0.1) is 17.7 Å². The molecule has 2 fully saturated rings. The van der Waals surface area contributed by atoms with Gasteiger partial charge in [-0.2, -0.15) is 0 Å². The van der Waals surface area contributed by atoms with Crippen molar-refractivity contribution in [2.24, 2.45) is 5.41 Å². The SMILES string of the molecule is O=C1N(CCO)CCC[C@]12CCN(Cc1cc(=O)n3ccccc3n1)C2. The van der Waals surface area contributed by atoms with Crippen LogP contribution in [0.2, 0.25) is 0 Å². The fourth-order valence-corrected chi connectivity index (χ4v) is 4.37. The van der Waals surface area contributed by atoms with E-state index in [1.54, 1.807) is 17.2 Å². The molecule has 2 saturated heterocycles. The van der Waals surface area contributed by atoms with E-state index in [9.17, 15) is 14.7 Å². The Labute approximate surface area is 151 Å². The Balaban J connectivity index is 1.51. The Morgan fingerprint density at radius 1 is 1.19 bits per heavy atom. The lowest BCUT2D eigenvalue weighted by molar-refractivity contribution is -0.146. The molecule has 0 radical (unpaired) electrons. The Bertz CT molecular complexity index is 878. The number of pyridine rings is 1. The number of aliphatic hydroxyl groups excluding tert-OH is 1. The second kappa shape index (κ2) is 6.81. The van der Waals surface area contributed by atoms with E-state index in [1.807, 2.05) is 18.2 Å². The molecule has 0 aliphatic carbocycles. The molecule has 4 rings (SSSR count). The number of piperidine rings is 1. The van der Waals surface area contributed by atoms with Crippen molar-refractivity contribution in [3.63, 3.8) is 0 Å². The van der Waals surface area contributed by atoms with E-state index >= 15 is 0 Å². The van der Waals surface area contributed by atoms with Crippen molar-refractivity contribution in [2.75, 3.05) is 32.8 Å². The van der Waals surface area contributed by atoms with Gasteiger partial charge in [-0.3, -0.25) is 18.9 Å². The largest absolute Gasteiger partial charge is 0.395 e. The number of β-amino-alcohol motifs (C(OH)–C–C–N with tert-alkyl or cyclic N) is 1. The molecule has 1 amide bonds. The first-order valence-electron chi connectivity index (χ1n) is 9.21. The molecule has 1 atom stereocenters. The number of hydrogen-bond donors (Lipinski definition) is 1. The second-order valence-corrected chi connectivity index (χ2v) is 7.37. The number of carbonyl (C=O) groups is 1. The summed E-state index contributed by atoms with van der Waals surface area (Å²) in [7, 11) is 0. The summed E-state index contributed by atoms with van der Waals surface area (Å²) < 4.78 is 1.53. The number of aromatic nitrogens is 2. The lowest BCUT2D eigenvalue weighted by Crippen LogP contribution is -2.50. The molecule has 2 aromatic heterocycles. The number of likely N-dealkylation sites (tertiary alicyclic amines) is 2. The number of aliphatic hydroxyl groups is 1. The quantitative estimate of drug-likeness (QED) is 0.863. The number of hydrogen-bond acceptors (Lipinski definition) is 5. The van der Waals surface area contributed by atoms with Crippen LogP contribution in [0.25, 0.3) is 5.65 Å². The summed E-state index contributed by atoms with van der Waals surface area (Å²) >= 11 is 0. The number of rotatable bonds is 4. The summed E-state index contributed by atoms with van der Waals surface area (Å²) in [5, 5.41) is 9.18. The first kappa shape index (κ1) is 17.2. The van der Waals surface area contributed by atoms with E-state index < -0.39 is 0 Å². The predicted molar refractivity (Wildman–Crippen MR) is 96.7 cm³/mol. The van der Waals surface area contributed by atoms with Gasteiger partial charge in [0.2, 0.25) is 5.91 Å². The summed E-state index contributed by atoms with van der Waals surface area (Å²) in [6, 6.07) is 7.09. The molecule has 2 aliphatic rings. The molecular formula is C19H24N4O3. The van der Waals surface area contributed by atoms with E-state index in [0.29, 0.717) is 25.3 Å². The summed E-state index contributed by atoms with van der Waals surface area (Å²) in [5.41, 5.74) is 0.974. The van der Waals surface area contributed by atoms with Gasteiger partial charge in [-0.15, -0.1) is 0 Å². The van der Waals surface area contributed by atoms with Crippen LogP contribution in [0, 0.1) is 5.41 Å². The molecule has 1 N–H and O–H groups in total. The highest BCUT2D eigenvalue weighted by molar-refractivity contribution is 5.84. The van der Waals surface area contributed by atoms with Crippen LogP contribution in [0.15, 0.2) is 35.3 Å². The van der Waals surface area contributed by atoms with Gasteiger partial charge in [-0.25, -0.2) is 4.98 Å². The molecule has 1 spiro atoms. The minimum absolute atomic E-state index is 0.0104. The highest BCUT2D eigenvalue weighted by atomic mass is 16.3. The highest BCUT2D eigenvalue weighted by Gasteiger charge is 2.48. The number of fused-ring (bicyclic) bond motifs is 1. The van der Waals surface area contributed by atoms with Crippen LogP contribution in [0.5, 0.6) is 0 Å². The smallest absolute Gasteiger partial charge is 0.258 e. The highest BCUT2D eigenvalue weighted by Crippen LogP contribution is 2.40. The van der Waals surface area contributed by atoms with Crippen molar-refractivity contribution in [1.82, 2.24) is 19.2 Å². The van der Waals surface area contributed by atoms with Gasteiger partial charge in [0, 0.05) is 38.4 Å². The molecule has 26 heavy (non-hydrogen) atoms. The maximum absolute atomic E-state index is 12.9. The fraction of sp³-hybridized carbons (Fsp3) is 0.526. The average molecular weight is 356 g/mol. The van der Waals surface area contributed by atoms with Gasteiger partial charge in [-0.1, -0.05) is 6.07 Å². The van der Waals surface area contributed by atoms with Crippen molar-refractivity contribution in [3.8, 4) is 0 Å². The summed E-state index contributed by atoms with van der Waals surface area (Å²) in [6.45, 7) is 3.28. The van der Waals surface area contributed by atoms with Crippen LogP contribution in [0.1, 0.15) is 25.0 Å². The van der Waals surface area contributed by atoms with Crippen molar-refractivity contribution < 1.29 is 9.90 Å². The molecule has 0 aromatic carbocycles. The van der Waals surface area contributed by atoms with Gasteiger partial charge in [0.1, 0.15) is 5.65 Å². The zero-order valence-corrected chi connectivity index (χ0v) is 14.8. The zero-order chi connectivity index (χ0) is 18.1. The normalized spacial score (nSPS) is 24.0. The van der Waals surface area contributed by atoms with Crippen molar-refractivity contribution in [1.29, 1.82) is 0 Å². The predicted octanol–water partition coefficient (Wildman–Crippen LogP) is 0.501. The third kappa shape index (κ3) is 3.01. The molecular weight excluding hydrogens is 332 g/mol. The molecule has 2 aliphatic heterocycles. The van der Waals surface area contributed by atoms with Crippen molar-refractivity contribution in [3.05, 3.63) is 46.5 Å². The van der Waals surface area contributed by atoms with Gasteiger partial charge in [0.15, 0.2) is 0 Å². The van der Waals surface area contributed by atoms with E-state index in [-0.39, 0.29) is 23.5 Å². The van der Waals surface area contributed by atoms with Crippen LogP contribution in [0.3, 0.4) is 0 Å². The first-order valence-corrected chi connectivity index (χ1v) is 9.21. The molecule has 138 valence electrons. The van der Waals surface area contributed by atoms with Gasteiger partial charge >= 0.3 is 0 Å². The van der Waals surface area contributed by atoms with Crippen LogP contribution in [-0.2, 0) is 11.3 Å². The van der Waals surface area contributed by atoms with Crippen LogP contribution < -0.4 is 5.56 Å². The lowest BCUT2D eigenvalue weighted by atomic mass is 9.78. The maximum Gasteiger partial charge on any atom is 0.258 e. The fourth-order valence-electron chi connectivity index (χ4n) is 4.37. The van der Waals surface area contributed by atoms with Gasteiger partial charge < -0.3 is 10.0 Å². The lowest BCUT2D eigenvalue weighted by Gasteiger charge is -2.39. The van der Waals surface area contributed by atoms with Gasteiger partial charge in [0.25, 0.3) is 5.56 Å². The molecule has 0 unspecified atom stereocenters. The minimum atomic E-state index is -0.334. The van der Waals surface area contributed by atoms with E-state index in [0.717, 1.165) is 38.0 Å². The number of amides is 1. The van der Waals surface area contributed by atoms with Crippen molar-refractivity contribution in [2.45, 2.75) is 25.8 Å². The number of nitrogens with zero attached hydrogens (tertiary/aromatic N) is 4. The molecule has 2 aromatic rings. The Kier molecular flexibility index (Phi) is 4.50. The topological polar surface area (TPSA) is 78.2 Å². The third-order valence-corrected chi connectivity index (χ3v) is 5.64. The summed E-state index contributed by atoms with van der Waals surface area (Å²) in [6.07, 6.45) is 4.43. The minimum Gasteiger partial charge on any atom is -0.395 e. The van der Waals surface area contributed by atoms with E-state index in [2.05, 4.69) is 9.88 Å². The average Bonchev–Trinajstić information content (AvgIpc) is 3.03. The third-order valence-electron chi connectivity index (χ3n) is 5.64. The zero-order valence-electron chi connectivity index (χ0n) is 14.8. The van der Waals surface area contributed by atoms with Gasteiger partial charge in [-0.05, 0) is 37.9 Å². The van der Waals surface area contributed by atoms with E-state index in [1.165, 1.54) is 4.40 Å². The van der Waals surface area contributed by atoms with Crippen LogP contribution in [-0.4, -0.2) is 63.0 Å². The first-order chi connectivity index (χ1) is 12.6.